The van der Waals surface area contributed by atoms with Crippen LogP contribution in [-0.2, 0) is 12.0 Å². The molecule has 0 atom stereocenters. The molecule has 15 heavy (non-hydrogen) atoms. The molecule has 0 saturated carbocycles. The second-order valence-corrected chi connectivity index (χ2v) is 4.70. The number of fused-ring (bicyclic) bond motifs is 1. The summed E-state index contributed by atoms with van der Waals surface area (Å²) in [5.41, 5.74) is 2.94. The Morgan fingerprint density at radius 3 is 2.73 bits per heavy atom. The van der Waals surface area contributed by atoms with Crippen LogP contribution in [0.3, 0.4) is 0 Å². The Labute approximate surface area is 91.5 Å². The van der Waals surface area contributed by atoms with Gasteiger partial charge in [0.1, 0.15) is 0 Å². The third-order valence-corrected chi connectivity index (χ3v) is 3.13. The van der Waals surface area contributed by atoms with Crippen LogP contribution in [0.4, 0.5) is 5.69 Å². The van der Waals surface area contributed by atoms with Crippen LogP contribution in [0.2, 0.25) is 0 Å². The first kappa shape index (κ1) is 10.5. The Bertz CT molecular complexity index is 365. The summed E-state index contributed by atoms with van der Waals surface area (Å²) in [7, 11) is 0. The second-order valence-electron chi connectivity index (χ2n) is 4.70. The number of para-hydroxylation sites is 1. The van der Waals surface area contributed by atoms with Gasteiger partial charge < -0.3 is 10.0 Å². The molecular formula is C13H19NO. The second kappa shape index (κ2) is 3.53. The fourth-order valence-electron chi connectivity index (χ4n) is 2.34. The van der Waals surface area contributed by atoms with Gasteiger partial charge in [0.05, 0.1) is 5.60 Å². The predicted molar refractivity (Wildman–Crippen MR) is 63.3 cm³/mol. The van der Waals surface area contributed by atoms with Gasteiger partial charge in [0, 0.05) is 24.3 Å². The van der Waals surface area contributed by atoms with E-state index < -0.39 is 5.60 Å². The van der Waals surface area contributed by atoms with Crippen LogP contribution in [0, 0.1) is 0 Å². The molecule has 82 valence electrons. The fourth-order valence-corrected chi connectivity index (χ4v) is 2.34. The number of aliphatic hydroxyl groups is 1. The molecule has 0 bridgehead atoms. The van der Waals surface area contributed by atoms with Crippen LogP contribution >= 0.6 is 0 Å². The molecule has 0 radical (unpaired) electrons. The zero-order chi connectivity index (χ0) is 11.1. The first-order chi connectivity index (χ1) is 7.04. The Balaban J connectivity index is 2.54. The molecule has 0 spiro atoms. The molecule has 0 fully saturated rings. The van der Waals surface area contributed by atoms with E-state index in [9.17, 15) is 5.11 Å². The van der Waals surface area contributed by atoms with E-state index in [2.05, 4.69) is 17.9 Å². The van der Waals surface area contributed by atoms with Crippen molar-refractivity contribution in [2.75, 3.05) is 18.0 Å². The average molecular weight is 205 g/mol. The van der Waals surface area contributed by atoms with Crippen molar-refractivity contribution in [2.24, 2.45) is 0 Å². The van der Waals surface area contributed by atoms with Crippen LogP contribution in [0.15, 0.2) is 18.2 Å². The summed E-state index contributed by atoms with van der Waals surface area (Å²) in [4.78, 5) is 2.35. The normalized spacial score (nSPS) is 15.6. The maximum atomic E-state index is 10.1. The van der Waals surface area contributed by atoms with Crippen LogP contribution in [0.5, 0.6) is 0 Å². The zero-order valence-electron chi connectivity index (χ0n) is 9.75. The standard InChI is InChI=1S/C13H19NO/c1-4-14-9-8-10-6-5-7-11(12(10)14)13(2,3)15/h5-7,15H,4,8-9H2,1-3H3. The highest BCUT2D eigenvalue weighted by Gasteiger charge is 2.27. The third-order valence-electron chi connectivity index (χ3n) is 3.13. The van der Waals surface area contributed by atoms with Gasteiger partial charge in [-0.2, -0.15) is 0 Å². The Morgan fingerprint density at radius 2 is 2.13 bits per heavy atom. The van der Waals surface area contributed by atoms with Gasteiger partial charge in [0.2, 0.25) is 0 Å². The highest BCUT2D eigenvalue weighted by molar-refractivity contribution is 5.64. The summed E-state index contributed by atoms with van der Waals surface area (Å²) in [6, 6.07) is 6.25. The van der Waals surface area contributed by atoms with Crippen molar-refractivity contribution in [3.05, 3.63) is 29.3 Å². The van der Waals surface area contributed by atoms with E-state index in [1.165, 1.54) is 11.3 Å². The Hall–Kier alpha value is -1.02. The molecule has 2 heteroatoms. The lowest BCUT2D eigenvalue weighted by atomic mass is 9.94. The van der Waals surface area contributed by atoms with Gasteiger partial charge in [0.15, 0.2) is 0 Å². The first-order valence-corrected chi connectivity index (χ1v) is 5.63. The lowest BCUT2D eigenvalue weighted by Crippen LogP contribution is -2.24. The monoisotopic (exact) mass is 205 g/mol. The molecule has 1 aliphatic rings. The summed E-state index contributed by atoms with van der Waals surface area (Å²) < 4.78 is 0. The third kappa shape index (κ3) is 1.74. The molecule has 1 N–H and O–H groups in total. The number of nitrogens with zero attached hydrogens (tertiary/aromatic N) is 1. The van der Waals surface area contributed by atoms with Crippen molar-refractivity contribution in [3.63, 3.8) is 0 Å². The number of likely N-dealkylation sites (N-methyl/N-ethyl adjacent to an activating group) is 1. The van der Waals surface area contributed by atoms with E-state index in [0.29, 0.717) is 0 Å². The van der Waals surface area contributed by atoms with E-state index in [4.69, 9.17) is 0 Å². The summed E-state index contributed by atoms with van der Waals surface area (Å²) in [5, 5.41) is 10.1. The molecule has 1 aromatic rings. The van der Waals surface area contributed by atoms with Gasteiger partial charge in [-0.3, -0.25) is 0 Å². The average Bonchev–Trinajstić information content (AvgIpc) is 2.58. The van der Waals surface area contributed by atoms with Crippen molar-refractivity contribution in [2.45, 2.75) is 32.8 Å². The number of benzene rings is 1. The number of anilines is 1. The smallest absolute Gasteiger partial charge is 0.0860 e. The van der Waals surface area contributed by atoms with Gasteiger partial charge in [-0.25, -0.2) is 0 Å². The molecule has 0 saturated heterocycles. The molecule has 0 aliphatic carbocycles. The maximum absolute atomic E-state index is 10.1. The number of rotatable bonds is 2. The van der Waals surface area contributed by atoms with Crippen LogP contribution in [0.1, 0.15) is 31.9 Å². The summed E-state index contributed by atoms with van der Waals surface area (Å²) in [6.07, 6.45) is 1.10. The van der Waals surface area contributed by atoms with Crippen LogP contribution in [0.25, 0.3) is 0 Å². The van der Waals surface area contributed by atoms with Gasteiger partial charge in [-0.1, -0.05) is 18.2 Å². The van der Waals surface area contributed by atoms with Crippen molar-refractivity contribution in [3.8, 4) is 0 Å². The van der Waals surface area contributed by atoms with Crippen molar-refractivity contribution >= 4 is 5.69 Å². The minimum atomic E-state index is -0.747. The Morgan fingerprint density at radius 1 is 1.40 bits per heavy atom. The molecule has 1 aromatic carbocycles. The zero-order valence-corrected chi connectivity index (χ0v) is 9.75. The number of hydrogen-bond donors (Lipinski definition) is 1. The lowest BCUT2D eigenvalue weighted by molar-refractivity contribution is 0.0791. The van der Waals surface area contributed by atoms with E-state index in [0.717, 1.165) is 25.1 Å². The SMILES string of the molecule is CCN1CCc2cccc(C(C)(C)O)c21. The van der Waals surface area contributed by atoms with E-state index in [1.54, 1.807) is 0 Å². The maximum Gasteiger partial charge on any atom is 0.0860 e. The summed E-state index contributed by atoms with van der Waals surface area (Å²) in [6.45, 7) is 7.97. The van der Waals surface area contributed by atoms with Gasteiger partial charge in [-0.15, -0.1) is 0 Å². The topological polar surface area (TPSA) is 23.5 Å². The molecule has 1 aliphatic heterocycles. The lowest BCUT2D eigenvalue weighted by Gasteiger charge is -2.26. The molecule has 0 aromatic heterocycles. The fraction of sp³-hybridized carbons (Fsp3) is 0.538. The van der Waals surface area contributed by atoms with E-state index >= 15 is 0 Å². The largest absolute Gasteiger partial charge is 0.386 e. The van der Waals surface area contributed by atoms with Crippen LogP contribution in [-0.4, -0.2) is 18.2 Å². The summed E-state index contributed by atoms with van der Waals surface area (Å²) in [5.74, 6) is 0. The molecule has 2 nitrogen and oxygen atoms in total. The molecule has 0 unspecified atom stereocenters. The minimum absolute atomic E-state index is 0.747. The Kier molecular flexibility index (Phi) is 2.47. The van der Waals surface area contributed by atoms with E-state index in [1.807, 2.05) is 26.0 Å². The number of hydrogen-bond acceptors (Lipinski definition) is 2. The minimum Gasteiger partial charge on any atom is -0.386 e. The molecule has 1 heterocycles. The molecular weight excluding hydrogens is 186 g/mol. The highest BCUT2D eigenvalue weighted by Crippen LogP contribution is 2.37. The first-order valence-electron chi connectivity index (χ1n) is 5.63. The predicted octanol–water partition coefficient (Wildman–Crippen LogP) is 2.30. The highest BCUT2D eigenvalue weighted by atomic mass is 16.3. The summed E-state index contributed by atoms with van der Waals surface area (Å²) >= 11 is 0. The van der Waals surface area contributed by atoms with Gasteiger partial charge in [0.25, 0.3) is 0 Å². The van der Waals surface area contributed by atoms with Gasteiger partial charge >= 0.3 is 0 Å². The van der Waals surface area contributed by atoms with Gasteiger partial charge in [-0.05, 0) is 32.8 Å². The molecule has 2 rings (SSSR count). The molecule has 0 amide bonds. The van der Waals surface area contributed by atoms with Crippen molar-refractivity contribution < 1.29 is 5.11 Å². The van der Waals surface area contributed by atoms with Crippen molar-refractivity contribution in [1.29, 1.82) is 0 Å². The van der Waals surface area contributed by atoms with E-state index in [-0.39, 0.29) is 0 Å². The van der Waals surface area contributed by atoms with Crippen molar-refractivity contribution in [1.82, 2.24) is 0 Å². The van der Waals surface area contributed by atoms with Crippen LogP contribution < -0.4 is 4.90 Å². The quantitative estimate of drug-likeness (QED) is 0.800.